The van der Waals surface area contributed by atoms with Crippen LogP contribution in [-0.2, 0) is 17.8 Å². The third-order valence-corrected chi connectivity index (χ3v) is 3.70. The van der Waals surface area contributed by atoms with Crippen molar-refractivity contribution in [3.63, 3.8) is 0 Å². The molecule has 20 heavy (non-hydrogen) atoms. The number of hydrogen-bond acceptors (Lipinski definition) is 2. The number of nitrogens with two attached hydrogens (primary N) is 1. The molecule has 0 aliphatic heterocycles. The summed E-state index contributed by atoms with van der Waals surface area (Å²) in [6, 6.07) is 8.49. The summed E-state index contributed by atoms with van der Waals surface area (Å²) in [5, 5.41) is 3.04. The van der Waals surface area contributed by atoms with E-state index < -0.39 is 0 Å². The fourth-order valence-corrected chi connectivity index (χ4v) is 2.31. The minimum absolute atomic E-state index is 0.0579. The molecule has 0 heterocycles. The second-order valence-corrected chi connectivity index (χ2v) is 5.65. The van der Waals surface area contributed by atoms with Gasteiger partial charge in [-0.25, -0.2) is 0 Å². The molecule has 0 aromatic heterocycles. The Labute approximate surface area is 122 Å². The van der Waals surface area contributed by atoms with Gasteiger partial charge in [-0.3, -0.25) is 4.79 Å². The second-order valence-electron chi connectivity index (χ2n) is 5.65. The van der Waals surface area contributed by atoms with Crippen LogP contribution in [0.3, 0.4) is 0 Å². The maximum atomic E-state index is 12.0. The second kappa shape index (κ2) is 8.75. The van der Waals surface area contributed by atoms with Gasteiger partial charge in [-0.05, 0) is 37.3 Å². The summed E-state index contributed by atoms with van der Waals surface area (Å²) >= 11 is 0. The molecule has 0 saturated carbocycles. The minimum Gasteiger partial charge on any atom is -0.352 e. The average Bonchev–Trinajstić information content (AvgIpc) is 2.44. The van der Waals surface area contributed by atoms with Gasteiger partial charge < -0.3 is 11.1 Å². The number of hydrogen-bond donors (Lipinski definition) is 2. The maximum absolute atomic E-state index is 12.0. The lowest BCUT2D eigenvalue weighted by Crippen LogP contribution is -2.29. The summed E-state index contributed by atoms with van der Waals surface area (Å²) in [7, 11) is 0. The molecule has 1 aromatic rings. The van der Waals surface area contributed by atoms with Gasteiger partial charge in [0.2, 0.25) is 5.91 Å². The monoisotopic (exact) mass is 276 g/mol. The number of nitrogens with one attached hydrogen (secondary N) is 1. The van der Waals surface area contributed by atoms with Gasteiger partial charge in [-0.1, -0.05) is 44.5 Å². The predicted molar refractivity (Wildman–Crippen MR) is 84.3 cm³/mol. The molecule has 0 aliphatic carbocycles. The van der Waals surface area contributed by atoms with Crippen LogP contribution in [-0.4, -0.2) is 11.9 Å². The van der Waals surface area contributed by atoms with E-state index in [1.165, 1.54) is 11.1 Å². The van der Waals surface area contributed by atoms with E-state index in [0.29, 0.717) is 6.54 Å². The lowest BCUT2D eigenvalue weighted by atomic mass is 10.0. The Bertz CT molecular complexity index is 415. The van der Waals surface area contributed by atoms with Crippen LogP contribution in [0.25, 0.3) is 0 Å². The molecule has 3 nitrogen and oxygen atoms in total. The van der Waals surface area contributed by atoms with Crippen LogP contribution in [0.2, 0.25) is 0 Å². The maximum Gasteiger partial charge on any atom is 0.223 e. The Morgan fingerprint density at radius 2 is 1.85 bits per heavy atom. The summed E-state index contributed by atoms with van der Waals surface area (Å²) in [6.07, 6.45) is 3.90. The lowest BCUT2D eigenvalue weighted by molar-refractivity contribution is -0.124. The van der Waals surface area contributed by atoms with Gasteiger partial charge >= 0.3 is 0 Å². The Hall–Kier alpha value is -1.35. The van der Waals surface area contributed by atoms with Crippen molar-refractivity contribution in [2.45, 2.75) is 59.0 Å². The number of amides is 1. The Kier molecular flexibility index (Phi) is 7.31. The number of rotatable bonds is 8. The highest BCUT2D eigenvalue weighted by Crippen LogP contribution is 2.11. The van der Waals surface area contributed by atoms with Crippen LogP contribution in [0.5, 0.6) is 0 Å². The van der Waals surface area contributed by atoms with E-state index in [4.69, 9.17) is 5.73 Å². The normalized spacial score (nSPS) is 13.8. The van der Waals surface area contributed by atoms with E-state index in [1.807, 2.05) is 26.0 Å². The number of carbonyl (C=O) groups excluding carboxylic acids is 1. The molecule has 0 fully saturated rings. The molecule has 0 aliphatic rings. The summed E-state index contributed by atoms with van der Waals surface area (Å²) in [4.78, 5) is 12.0. The van der Waals surface area contributed by atoms with Crippen LogP contribution >= 0.6 is 0 Å². The molecule has 1 rings (SSSR count). The topological polar surface area (TPSA) is 55.1 Å². The quantitative estimate of drug-likeness (QED) is 0.767. The number of aryl methyl sites for hydroxylation is 1. The first-order valence-electron chi connectivity index (χ1n) is 7.64. The molecule has 1 amide bonds. The van der Waals surface area contributed by atoms with E-state index in [2.05, 4.69) is 24.4 Å². The van der Waals surface area contributed by atoms with Crippen LogP contribution in [0.1, 0.15) is 51.2 Å². The molecule has 2 atom stereocenters. The first kappa shape index (κ1) is 16.7. The van der Waals surface area contributed by atoms with E-state index in [0.717, 1.165) is 25.7 Å². The molecular formula is C17H28N2O. The zero-order chi connectivity index (χ0) is 15.0. The molecule has 3 heteroatoms. The highest BCUT2D eigenvalue weighted by atomic mass is 16.1. The molecule has 3 N–H and O–H groups in total. The summed E-state index contributed by atoms with van der Waals surface area (Å²) in [5.41, 5.74) is 8.24. The standard InChI is InChI=1S/C17H28N2O/c1-4-15-10-5-6-11-16(15)12-19-17(20)13(2)8-7-9-14(3)18/h5-6,10-11,13-14H,4,7-9,12,18H2,1-3H3,(H,19,20). The van der Waals surface area contributed by atoms with E-state index >= 15 is 0 Å². The molecule has 112 valence electrons. The third kappa shape index (κ3) is 5.74. The zero-order valence-corrected chi connectivity index (χ0v) is 13.0. The van der Waals surface area contributed by atoms with Crippen molar-refractivity contribution in [1.29, 1.82) is 0 Å². The molecule has 2 unspecified atom stereocenters. The highest BCUT2D eigenvalue weighted by Gasteiger charge is 2.12. The largest absolute Gasteiger partial charge is 0.352 e. The van der Waals surface area contributed by atoms with E-state index in [9.17, 15) is 4.79 Å². The van der Waals surface area contributed by atoms with Gasteiger partial charge in [0.15, 0.2) is 0 Å². The van der Waals surface area contributed by atoms with Gasteiger partial charge in [0.1, 0.15) is 0 Å². The Morgan fingerprint density at radius 3 is 2.45 bits per heavy atom. The van der Waals surface area contributed by atoms with Gasteiger partial charge in [-0.15, -0.1) is 0 Å². The SMILES string of the molecule is CCc1ccccc1CNC(=O)C(C)CCCC(C)N. The highest BCUT2D eigenvalue weighted by molar-refractivity contribution is 5.78. The Morgan fingerprint density at radius 1 is 1.20 bits per heavy atom. The van der Waals surface area contributed by atoms with Crippen molar-refractivity contribution in [3.8, 4) is 0 Å². The first-order valence-corrected chi connectivity index (χ1v) is 7.64. The van der Waals surface area contributed by atoms with Gasteiger partial charge in [0.05, 0.1) is 0 Å². The number of benzene rings is 1. The van der Waals surface area contributed by atoms with E-state index in [1.54, 1.807) is 0 Å². The van der Waals surface area contributed by atoms with Gasteiger partial charge in [0.25, 0.3) is 0 Å². The fourth-order valence-electron chi connectivity index (χ4n) is 2.31. The smallest absolute Gasteiger partial charge is 0.223 e. The molecule has 0 spiro atoms. The van der Waals surface area contributed by atoms with Crippen molar-refractivity contribution >= 4 is 5.91 Å². The first-order chi connectivity index (χ1) is 9.54. The summed E-state index contributed by atoms with van der Waals surface area (Å²) in [6.45, 7) is 6.76. The molecule has 0 bridgehead atoms. The summed E-state index contributed by atoms with van der Waals surface area (Å²) < 4.78 is 0. The van der Waals surface area contributed by atoms with Crippen LogP contribution in [0.4, 0.5) is 0 Å². The van der Waals surface area contributed by atoms with Crippen molar-refractivity contribution in [2.75, 3.05) is 0 Å². The zero-order valence-electron chi connectivity index (χ0n) is 13.0. The minimum atomic E-state index is 0.0579. The van der Waals surface area contributed by atoms with Crippen molar-refractivity contribution in [3.05, 3.63) is 35.4 Å². The predicted octanol–water partition coefficient (Wildman–Crippen LogP) is 3.02. The van der Waals surface area contributed by atoms with Crippen LogP contribution < -0.4 is 11.1 Å². The van der Waals surface area contributed by atoms with E-state index in [-0.39, 0.29) is 17.9 Å². The van der Waals surface area contributed by atoms with Gasteiger partial charge in [-0.2, -0.15) is 0 Å². The Balaban J connectivity index is 2.38. The van der Waals surface area contributed by atoms with Crippen LogP contribution in [0.15, 0.2) is 24.3 Å². The van der Waals surface area contributed by atoms with Crippen molar-refractivity contribution < 1.29 is 4.79 Å². The molecule has 0 radical (unpaired) electrons. The molecule has 1 aromatic carbocycles. The summed E-state index contributed by atoms with van der Waals surface area (Å²) in [5.74, 6) is 0.197. The van der Waals surface area contributed by atoms with Crippen LogP contribution in [0, 0.1) is 5.92 Å². The van der Waals surface area contributed by atoms with Crippen molar-refractivity contribution in [1.82, 2.24) is 5.32 Å². The number of carbonyl (C=O) groups is 1. The average molecular weight is 276 g/mol. The van der Waals surface area contributed by atoms with Crippen molar-refractivity contribution in [2.24, 2.45) is 11.7 Å². The van der Waals surface area contributed by atoms with Gasteiger partial charge in [0, 0.05) is 18.5 Å². The fraction of sp³-hybridized carbons (Fsp3) is 0.588. The molecular weight excluding hydrogens is 248 g/mol. The third-order valence-electron chi connectivity index (χ3n) is 3.70. The molecule has 0 saturated heterocycles. The lowest BCUT2D eigenvalue weighted by Gasteiger charge is -2.14.